The average molecular weight is 436 g/mol. The Balaban J connectivity index is 1.90. The van der Waals surface area contributed by atoms with Crippen LogP contribution >= 0.6 is 0 Å². The van der Waals surface area contributed by atoms with Gasteiger partial charge in [-0.3, -0.25) is 4.79 Å². The van der Waals surface area contributed by atoms with Gasteiger partial charge in [-0.15, -0.1) is 0 Å². The Morgan fingerprint density at radius 1 is 1.00 bits per heavy atom. The second-order valence-corrected chi connectivity index (χ2v) is 7.05. The molecule has 0 amide bonds. The summed E-state index contributed by atoms with van der Waals surface area (Å²) in [6, 6.07) is 4.95. The number of phenolic OH excluding ortho intramolecular Hbond substituents is 2. The molecule has 1 aromatic heterocycles. The zero-order chi connectivity index (χ0) is 22.4. The fourth-order valence-corrected chi connectivity index (χ4v) is 3.49. The molecule has 11 nitrogen and oxygen atoms in total. The van der Waals surface area contributed by atoms with Gasteiger partial charge in [-0.25, -0.2) is 0 Å². The summed E-state index contributed by atoms with van der Waals surface area (Å²) in [5.74, 6) is -0.796. The highest BCUT2D eigenvalue weighted by Gasteiger charge is 2.45. The van der Waals surface area contributed by atoms with Gasteiger partial charge in [0.2, 0.25) is 11.7 Å². The molecule has 0 saturated carbocycles. The molecule has 4 rings (SSSR count). The third-order valence-electron chi connectivity index (χ3n) is 5.15. The van der Waals surface area contributed by atoms with Crippen LogP contribution in [0, 0.1) is 0 Å². The van der Waals surface area contributed by atoms with E-state index in [0.717, 1.165) is 12.1 Å². The first kappa shape index (κ1) is 21.2. The van der Waals surface area contributed by atoms with E-state index in [9.17, 15) is 35.4 Å². The minimum absolute atomic E-state index is 0.0580. The van der Waals surface area contributed by atoms with E-state index < -0.39 is 48.5 Å². The summed E-state index contributed by atoms with van der Waals surface area (Å²) < 4.78 is 21.8. The Hall–Kier alpha value is -3.09. The van der Waals surface area contributed by atoms with Crippen LogP contribution < -0.4 is 14.9 Å². The van der Waals surface area contributed by atoms with Gasteiger partial charge in [-0.1, -0.05) is 0 Å². The number of methoxy groups -OCH3 is 1. The number of aliphatic hydroxyl groups excluding tert-OH is 4. The van der Waals surface area contributed by atoms with Crippen LogP contribution in [0.4, 0.5) is 0 Å². The number of rotatable bonds is 4. The standard InChI is InChI=1S/C20H20O11/c1-28-7-4-10-14(16(25)13-8(22)2-3-9(23)19(13)29-10)11(5-7)30-20-18(27)17(26)15(24)12(6-21)31-20/h2-5,12,15,17-18,20-24,26-27H,6H2,1H3. The quantitative estimate of drug-likeness (QED) is 0.230. The summed E-state index contributed by atoms with van der Waals surface area (Å²) in [6.45, 7) is -0.663. The maximum absolute atomic E-state index is 13.2. The van der Waals surface area contributed by atoms with Gasteiger partial charge >= 0.3 is 0 Å². The molecule has 1 saturated heterocycles. The maximum atomic E-state index is 13.2. The lowest BCUT2D eigenvalue weighted by Crippen LogP contribution is -2.60. The van der Waals surface area contributed by atoms with Crippen molar-refractivity contribution in [2.24, 2.45) is 0 Å². The molecule has 0 bridgehead atoms. The summed E-state index contributed by atoms with van der Waals surface area (Å²) in [7, 11) is 1.35. The molecule has 2 aromatic carbocycles. The molecule has 5 atom stereocenters. The Morgan fingerprint density at radius 3 is 2.39 bits per heavy atom. The molecule has 6 N–H and O–H groups in total. The van der Waals surface area contributed by atoms with Crippen molar-refractivity contribution in [3.05, 3.63) is 34.5 Å². The summed E-state index contributed by atoms with van der Waals surface area (Å²) in [4.78, 5) is 13.2. The highest BCUT2D eigenvalue weighted by molar-refractivity contribution is 5.98. The van der Waals surface area contributed by atoms with Gasteiger partial charge in [0.15, 0.2) is 11.3 Å². The number of fused-ring (bicyclic) bond motifs is 2. The molecular formula is C20H20O11. The van der Waals surface area contributed by atoms with Crippen LogP contribution in [0.2, 0.25) is 0 Å². The number of phenols is 2. The molecule has 0 radical (unpaired) electrons. The van der Waals surface area contributed by atoms with Crippen molar-refractivity contribution in [1.29, 1.82) is 0 Å². The number of aromatic hydroxyl groups is 2. The lowest BCUT2D eigenvalue weighted by Gasteiger charge is -2.39. The van der Waals surface area contributed by atoms with Crippen LogP contribution in [-0.2, 0) is 4.74 Å². The average Bonchev–Trinajstić information content (AvgIpc) is 2.76. The third kappa shape index (κ3) is 3.42. The van der Waals surface area contributed by atoms with Gasteiger partial charge in [0.05, 0.1) is 13.7 Å². The molecule has 166 valence electrons. The highest BCUT2D eigenvalue weighted by atomic mass is 16.7. The lowest BCUT2D eigenvalue weighted by molar-refractivity contribution is -0.277. The fraction of sp³-hybridized carbons (Fsp3) is 0.350. The summed E-state index contributed by atoms with van der Waals surface area (Å²) >= 11 is 0. The maximum Gasteiger partial charge on any atom is 0.229 e. The van der Waals surface area contributed by atoms with Gasteiger partial charge in [-0.2, -0.15) is 0 Å². The van der Waals surface area contributed by atoms with Crippen molar-refractivity contribution in [3.63, 3.8) is 0 Å². The molecule has 3 aromatic rings. The second kappa shape index (κ2) is 7.87. The molecule has 0 aliphatic carbocycles. The van der Waals surface area contributed by atoms with E-state index in [2.05, 4.69) is 0 Å². The van der Waals surface area contributed by atoms with Crippen molar-refractivity contribution < 1.29 is 49.3 Å². The van der Waals surface area contributed by atoms with E-state index in [1.165, 1.54) is 19.2 Å². The molecule has 2 heterocycles. The van der Waals surface area contributed by atoms with Crippen LogP contribution in [0.5, 0.6) is 23.0 Å². The van der Waals surface area contributed by atoms with Crippen LogP contribution in [0.1, 0.15) is 0 Å². The highest BCUT2D eigenvalue weighted by Crippen LogP contribution is 2.37. The molecule has 31 heavy (non-hydrogen) atoms. The lowest BCUT2D eigenvalue weighted by atomic mass is 9.99. The molecule has 11 heteroatoms. The van der Waals surface area contributed by atoms with Crippen molar-refractivity contribution >= 4 is 21.9 Å². The third-order valence-corrected chi connectivity index (χ3v) is 5.15. The van der Waals surface area contributed by atoms with E-state index in [0.29, 0.717) is 0 Å². The number of hydrogen-bond acceptors (Lipinski definition) is 11. The monoisotopic (exact) mass is 436 g/mol. The van der Waals surface area contributed by atoms with Crippen LogP contribution in [0.3, 0.4) is 0 Å². The SMILES string of the molecule is COc1cc(OC2OC(CO)C(O)C(O)C2O)c2c(=O)c3c(O)ccc(O)c3oc2c1. The van der Waals surface area contributed by atoms with E-state index in [1.54, 1.807) is 0 Å². The van der Waals surface area contributed by atoms with Gasteiger partial charge in [0, 0.05) is 12.1 Å². The van der Waals surface area contributed by atoms with Crippen molar-refractivity contribution in [1.82, 2.24) is 0 Å². The number of benzene rings is 2. The first-order valence-corrected chi connectivity index (χ1v) is 9.23. The molecule has 0 spiro atoms. The van der Waals surface area contributed by atoms with E-state index in [1.807, 2.05) is 0 Å². The first-order chi connectivity index (χ1) is 14.8. The number of aliphatic hydroxyl groups is 4. The summed E-state index contributed by atoms with van der Waals surface area (Å²) in [5, 5.41) is 59.2. The molecule has 1 fully saturated rings. The number of hydrogen-bond donors (Lipinski definition) is 6. The van der Waals surface area contributed by atoms with Crippen molar-refractivity contribution in [3.8, 4) is 23.0 Å². The van der Waals surface area contributed by atoms with E-state index in [4.69, 9.17) is 18.6 Å². The predicted molar refractivity (Wildman–Crippen MR) is 104 cm³/mol. The fourth-order valence-electron chi connectivity index (χ4n) is 3.49. The van der Waals surface area contributed by atoms with Gasteiger partial charge < -0.3 is 49.3 Å². The van der Waals surface area contributed by atoms with E-state index in [-0.39, 0.29) is 39.2 Å². The Kier molecular flexibility index (Phi) is 5.37. The molecular weight excluding hydrogens is 416 g/mol. The molecule has 1 aliphatic heterocycles. The minimum Gasteiger partial charge on any atom is -0.507 e. The first-order valence-electron chi connectivity index (χ1n) is 9.23. The Morgan fingerprint density at radius 2 is 1.71 bits per heavy atom. The summed E-state index contributed by atoms with van der Waals surface area (Å²) in [5.41, 5.74) is -1.05. The summed E-state index contributed by atoms with van der Waals surface area (Å²) in [6.07, 6.45) is -7.79. The van der Waals surface area contributed by atoms with Crippen LogP contribution in [-0.4, -0.2) is 75.1 Å². The van der Waals surface area contributed by atoms with Crippen molar-refractivity contribution in [2.45, 2.75) is 30.7 Å². The molecule has 1 aliphatic rings. The largest absolute Gasteiger partial charge is 0.507 e. The van der Waals surface area contributed by atoms with Gasteiger partial charge in [0.25, 0.3) is 0 Å². The van der Waals surface area contributed by atoms with E-state index >= 15 is 0 Å². The topological polar surface area (TPSA) is 179 Å². The zero-order valence-electron chi connectivity index (χ0n) is 16.1. The zero-order valence-corrected chi connectivity index (χ0v) is 16.1. The van der Waals surface area contributed by atoms with Gasteiger partial charge in [-0.05, 0) is 12.1 Å². The Labute approximate surface area is 173 Å². The van der Waals surface area contributed by atoms with Crippen LogP contribution in [0.25, 0.3) is 21.9 Å². The minimum atomic E-state index is -1.72. The normalized spacial score (nSPS) is 26.3. The molecule has 5 unspecified atom stereocenters. The smallest absolute Gasteiger partial charge is 0.229 e. The van der Waals surface area contributed by atoms with Crippen LogP contribution in [0.15, 0.2) is 33.5 Å². The Bertz CT molecular complexity index is 1190. The second-order valence-electron chi connectivity index (χ2n) is 7.05. The van der Waals surface area contributed by atoms with Crippen molar-refractivity contribution in [2.75, 3.05) is 13.7 Å². The van der Waals surface area contributed by atoms with Gasteiger partial charge in [0.1, 0.15) is 58.0 Å². The predicted octanol–water partition coefficient (Wildman–Crippen LogP) is -0.455. The number of ether oxygens (including phenoxy) is 3.